The average molecular weight is 154 g/mol. The molecule has 0 aromatic heterocycles. The first-order valence-electron chi connectivity index (χ1n) is 4.46. The summed E-state index contributed by atoms with van der Waals surface area (Å²) in [6.07, 6.45) is 8.93. The summed E-state index contributed by atoms with van der Waals surface area (Å²) in [5, 5.41) is 0. The third kappa shape index (κ3) is 7.31. The molecule has 0 aromatic rings. The van der Waals surface area contributed by atoms with Crippen LogP contribution in [0.25, 0.3) is 0 Å². The molecule has 0 aliphatic heterocycles. The van der Waals surface area contributed by atoms with Crippen LogP contribution in [0.4, 0.5) is 0 Å². The standard InChI is InChI=1S/C10H18O/c1-3-5-6-7-9-10(11)8-4-2/h4,8H,3,5-7,9H2,1-2H3/b8-4-. The molecule has 0 N–H and O–H groups in total. The lowest BCUT2D eigenvalue weighted by Gasteiger charge is -1.94. The minimum atomic E-state index is 0.267. The molecular formula is C10H18O. The zero-order valence-corrected chi connectivity index (χ0v) is 7.60. The van der Waals surface area contributed by atoms with Gasteiger partial charge in [0, 0.05) is 6.42 Å². The van der Waals surface area contributed by atoms with E-state index in [4.69, 9.17) is 0 Å². The second-order valence-electron chi connectivity index (χ2n) is 2.78. The number of hydrogen-bond acceptors (Lipinski definition) is 1. The lowest BCUT2D eigenvalue weighted by molar-refractivity contribution is -0.114. The predicted octanol–water partition coefficient (Wildman–Crippen LogP) is 3.10. The summed E-state index contributed by atoms with van der Waals surface area (Å²) in [4.78, 5) is 10.9. The lowest BCUT2D eigenvalue weighted by Crippen LogP contribution is -1.91. The summed E-state index contributed by atoms with van der Waals surface area (Å²) in [6, 6.07) is 0. The zero-order chi connectivity index (χ0) is 8.53. The highest BCUT2D eigenvalue weighted by atomic mass is 16.1. The van der Waals surface area contributed by atoms with Gasteiger partial charge in [-0.2, -0.15) is 0 Å². The summed E-state index contributed by atoms with van der Waals surface area (Å²) in [5.41, 5.74) is 0. The fourth-order valence-corrected chi connectivity index (χ4v) is 0.995. The zero-order valence-electron chi connectivity index (χ0n) is 7.60. The van der Waals surface area contributed by atoms with Crippen molar-refractivity contribution >= 4 is 5.78 Å². The van der Waals surface area contributed by atoms with Crippen LogP contribution >= 0.6 is 0 Å². The van der Waals surface area contributed by atoms with Crippen molar-refractivity contribution in [3.63, 3.8) is 0 Å². The van der Waals surface area contributed by atoms with Gasteiger partial charge in [-0.25, -0.2) is 0 Å². The van der Waals surface area contributed by atoms with E-state index in [1.54, 1.807) is 6.08 Å². The van der Waals surface area contributed by atoms with Crippen LogP contribution in [0.1, 0.15) is 46.0 Å². The van der Waals surface area contributed by atoms with Crippen molar-refractivity contribution in [1.29, 1.82) is 0 Å². The van der Waals surface area contributed by atoms with Crippen LogP contribution in [0, 0.1) is 0 Å². The van der Waals surface area contributed by atoms with E-state index in [2.05, 4.69) is 6.92 Å². The largest absolute Gasteiger partial charge is 0.295 e. The fourth-order valence-electron chi connectivity index (χ4n) is 0.995. The molecule has 0 aliphatic carbocycles. The first-order chi connectivity index (χ1) is 5.31. The molecule has 0 fully saturated rings. The second-order valence-corrected chi connectivity index (χ2v) is 2.78. The predicted molar refractivity (Wildman–Crippen MR) is 48.6 cm³/mol. The summed E-state index contributed by atoms with van der Waals surface area (Å²) in [5.74, 6) is 0.267. The molecule has 0 radical (unpaired) electrons. The van der Waals surface area contributed by atoms with Crippen molar-refractivity contribution < 1.29 is 4.79 Å². The maximum atomic E-state index is 10.9. The molecule has 0 atom stereocenters. The number of unbranched alkanes of at least 4 members (excludes halogenated alkanes) is 3. The fraction of sp³-hybridized carbons (Fsp3) is 0.700. The molecule has 0 bridgehead atoms. The molecule has 1 nitrogen and oxygen atoms in total. The maximum Gasteiger partial charge on any atom is 0.155 e. The van der Waals surface area contributed by atoms with E-state index in [0.29, 0.717) is 0 Å². The molecular weight excluding hydrogens is 136 g/mol. The molecule has 0 aromatic carbocycles. The third-order valence-electron chi connectivity index (χ3n) is 1.63. The number of carbonyl (C=O) groups excluding carboxylic acids is 1. The van der Waals surface area contributed by atoms with Crippen LogP contribution in [0.3, 0.4) is 0 Å². The Morgan fingerprint density at radius 3 is 2.55 bits per heavy atom. The molecule has 1 heteroatoms. The molecule has 0 heterocycles. The first kappa shape index (κ1) is 10.4. The van der Waals surface area contributed by atoms with Crippen molar-refractivity contribution in [2.24, 2.45) is 0 Å². The van der Waals surface area contributed by atoms with Gasteiger partial charge < -0.3 is 0 Å². The van der Waals surface area contributed by atoms with Gasteiger partial charge in [-0.05, 0) is 19.4 Å². The van der Waals surface area contributed by atoms with E-state index in [0.717, 1.165) is 12.8 Å². The molecule has 0 aliphatic rings. The van der Waals surface area contributed by atoms with Gasteiger partial charge in [0.05, 0.1) is 0 Å². The van der Waals surface area contributed by atoms with E-state index >= 15 is 0 Å². The molecule has 0 unspecified atom stereocenters. The highest BCUT2D eigenvalue weighted by Crippen LogP contribution is 2.02. The SMILES string of the molecule is C/C=C\C(=O)CCCCCC. The van der Waals surface area contributed by atoms with E-state index in [-0.39, 0.29) is 5.78 Å². The van der Waals surface area contributed by atoms with Crippen molar-refractivity contribution in [2.45, 2.75) is 46.0 Å². The van der Waals surface area contributed by atoms with Gasteiger partial charge in [-0.15, -0.1) is 0 Å². The van der Waals surface area contributed by atoms with E-state index in [9.17, 15) is 4.79 Å². The Labute approximate surface area is 69.5 Å². The van der Waals surface area contributed by atoms with Gasteiger partial charge in [0.2, 0.25) is 0 Å². The van der Waals surface area contributed by atoms with Gasteiger partial charge in [0.1, 0.15) is 0 Å². The van der Waals surface area contributed by atoms with Gasteiger partial charge in [0.25, 0.3) is 0 Å². The molecule has 0 rings (SSSR count). The molecule has 11 heavy (non-hydrogen) atoms. The number of rotatable bonds is 6. The smallest absolute Gasteiger partial charge is 0.155 e. The number of ketones is 1. The van der Waals surface area contributed by atoms with Gasteiger partial charge in [-0.1, -0.05) is 32.3 Å². The quantitative estimate of drug-likeness (QED) is 0.424. The summed E-state index contributed by atoms with van der Waals surface area (Å²) in [7, 11) is 0. The Balaban J connectivity index is 3.17. The Bertz CT molecular complexity index is 125. The van der Waals surface area contributed by atoms with Crippen molar-refractivity contribution in [1.82, 2.24) is 0 Å². The van der Waals surface area contributed by atoms with Gasteiger partial charge in [0.15, 0.2) is 5.78 Å². The molecule has 0 saturated carbocycles. The normalized spacial score (nSPS) is 10.7. The van der Waals surface area contributed by atoms with E-state index < -0.39 is 0 Å². The molecule has 0 amide bonds. The molecule has 0 spiro atoms. The third-order valence-corrected chi connectivity index (χ3v) is 1.63. The van der Waals surface area contributed by atoms with Crippen molar-refractivity contribution in [3.8, 4) is 0 Å². The molecule has 64 valence electrons. The van der Waals surface area contributed by atoms with Crippen LogP contribution in [0.5, 0.6) is 0 Å². The van der Waals surface area contributed by atoms with E-state index in [1.807, 2.05) is 13.0 Å². The maximum absolute atomic E-state index is 10.9. The van der Waals surface area contributed by atoms with Crippen LogP contribution in [-0.4, -0.2) is 5.78 Å². The van der Waals surface area contributed by atoms with E-state index in [1.165, 1.54) is 19.3 Å². The van der Waals surface area contributed by atoms with Crippen molar-refractivity contribution in [2.75, 3.05) is 0 Å². The van der Waals surface area contributed by atoms with Crippen LogP contribution in [0.15, 0.2) is 12.2 Å². The lowest BCUT2D eigenvalue weighted by atomic mass is 10.1. The highest BCUT2D eigenvalue weighted by molar-refractivity contribution is 5.89. The second kappa shape index (κ2) is 7.52. The first-order valence-corrected chi connectivity index (χ1v) is 4.46. The highest BCUT2D eigenvalue weighted by Gasteiger charge is 1.94. The average Bonchev–Trinajstić information content (AvgIpc) is 1.99. The Morgan fingerprint density at radius 1 is 1.27 bits per heavy atom. The Morgan fingerprint density at radius 2 is 2.00 bits per heavy atom. The van der Waals surface area contributed by atoms with Crippen LogP contribution in [0.2, 0.25) is 0 Å². The van der Waals surface area contributed by atoms with Crippen LogP contribution in [-0.2, 0) is 4.79 Å². The van der Waals surface area contributed by atoms with Crippen molar-refractivity contribution in [3.05, 3.63) is 12.2 Å². The number of carbonyl (C=O) groups is 1. The minimum absolute atomic E-state index is 0.267. The minimum Gasteiger partial charge on any atom is -0.295 e. The molecule has 0 saturated heterocycles. The monoisotopic (exact) mass is 154 g/mol. The van der Waals surface area contributed by atoms with Gasteiger partial charge in [-0.3, -0.25) is 4.79 Å². The van der Waals surface area contributed by atoms with Gasteiger partial charge >= 0.3 is 0 Å². The number of hydrogen-bond donors (Lipinski definition) is 0. The topological polar surface area (TPSA) is 17.1 Å². The Kier molecular flexibility index (Phi) is 7.11. The van der Waals surface area contributed by atoms with Crippen LogP contribution < -0.4 is 0 Å². The summed E-state index contributed by atoms with van der Waals surface area (Å²) < 4.78 is 0. The summed E-state index contributed by atoms with van der Waals surface area (Å²) >= 11 is 0. The Hall–Kier alpha value is -0.590. The number of allylic oxidation sites excluding steroid dienone is 2. The summed E-state index contributed by atoms with van der Waals surface area (Å²) in [6.45, 7) is 4.05.